The summed E-state index contributed by atoms with van der Waals surface area (Å²) in [6.07, 6.45) is 2.77. The van der Waals surface area contributed by atoms with E-state index in [4.69, 9.17) is 9.47 Å². The molecule has 0 unspecified atom stereocenters. The number of carbonyl (C=O) groups is 3. The SMILES string of the molecule is C[C@@H](OC(=O)CCNC(=O)OC(C)(C)C)C(=O)NC1CCCC1. The minimum Gasteiger partial charge on any atom is -0.452 e. The van der Waals surface area contributed by atoms with Gasteiger partial charge >= 0.3 is 12.1 Å². The summed E-state index contributed by atoms with van der Waals surface area (Å²) < 4.78 is 10.1. The Balaban J connectivity index is 2.19. The van der Waals surface area contributed by atoms with Gasteiger partial charge in [-0.25, -0.2) is 4.79 Å². The molecule has 0 saturated heterocycles. The Morgan fingerprint density at radius 3 is 2.35 bits per heavy atom. The molecule has 1 aliphatic carbocycles. The summed E-state index contributed by atoms with van der Waals surface area (Å²) in [5.74, 6) is -0.805. The topological polar surface area (TPSA) is 93.7 Å². The van der Waals surface area contributed by atoms with E-state index in [0.717, 1.165) is 25.7 Å². The molecule has 1 aliphatic rings. The first-order valence-electron chi connectivity index (χ1n) is 8.14. The van der Waals surface area contributed by atoms with Crippen LogP contribution in [-0.2, 0) is 19.1 Å². The van der Waals surface area contributed by atoms with E-state index in [2.05, 4.69) is 10.6 Å². The third kappa shape index (κ3) is 8.42. The molecular weight excluding hydrogens is 300 g/mol. The Labute approximate surface area is 137 Å². The minimum atomic E-state index is -0.829. The summed E-state index contributed by atoms with van der Waals surface area (Å²) in [6.45, 7) is 6.91. The van der Waals surface area contributed by atoms with Crippen LogP contribution in [0.3, 0.4) is 0 Å². The highest BCUT2D eigenvalue weighted by atomic mass is 16.6. The number of hydrogen-bond acceptors (Lipinski definition) is 5. The molecule has 0 heterocycles. The lowest BCUT2D eigenvalue weighted by Crippen LogP contribution is -2.41. The maximum Gasteiger partial charge on any atom is 0.407 e. The van der Waals surface area contributed by atoms with Crippen molar-refractivity contribution in [2.45, 2.75) is 77.5 Å². The maximum absolute atomic E-state index is 11.9. The average Bonchev–Trinajstić information content (AvgIpc) is 2.89. The van der Waals surface area contributed by atoms with Crippen LogP contribution in [0.15, 0.2) is 0 Å². The zero-order valence-corrected chi connectivity index (χ0v) is 14.4. The van der Waals surface area contributed by atoms with Crippen molar-refractivity contribution in [1.82, 2.24) is 10.6 Å². The zero-order chi connectivity index (χ0) is 17.5. The molecule has 0 bridgehead atoms. The molecule has 0 aromatic carbocycles. The van der Waals surface area contributed by atoms with Gasteiger partial charge in [0, 0.05) is 12.6 Å². The molecule has 1 atom stereocenters. The number of rotatable bonds is 6. The normalized spacial score (nSPS) is 16.5. The summed E-state index contributed by atoms with van der Waals surface area (Å²) in [5.41, 5.74) is -0.586. The Morgan fingerprint density at radius 1 is 1.17 bits per heavy atom. The van der Waals surface area contributed by atoms with E-state index >= 15 is 0 Å². The lowest BCUT2D eigenvalue weighted by atomic mass is 10.2. The van der Waals surface area contributed by atoms with Crippen LogP contribution >= 0.6 is 0 Å². The molecule has 2 amide bonds. The van der Waals surface area contributed by atoms with Gasteiger partial charge in [-0.2, -0.15) is 0 Å². The fourth-order valence-corrected chi connectivity index (χ4v) is 2.28. The van der Waals surface area contributed by atoms with Crippen molar-refractivity contribution in [2.75, 3.05) is 6.54 Å². The fourth-order valence-electron chi connectivity index (χ4n) is 2.28. The van der Waals surface area contributed by atoms with Gasteiger partial charge in [-0.1, -0.05) is 12.8 Å². The van der Waals surface area contributed by atoms with Crippen molar-refractivity contribution >= 4 is 18.0 Å². The first-order valence-corrected chi connectivity index (χ1v) is 8.14. The molecule has 0 aromatic rings. The zero-order valence-electron chi connectivity index (χ0n) is 14.4. The highest BCUT2D eigenvalue weighted by Crippen LogP contribution is 2.17. The van der Waals surface area contributed by atoms with Crippen LogP contribution in [-0.4, -0.2) is 42.3 Å². The lowest BCUT2D eigenvalue weighted by Gasteiger charge is -2.19. The van der Waals surface area contributed by atoms with Crippen LogP contribution in [0.4, 0.5) is 4.79 Å². The number of carbonyl (C=O) groups excluding carboxylic acids is 3. The smallest absolute Gasteiger partial charge is 0.407 e. The summed E-state index contributed by atoms with van der Waals surface area (Å²) in [7, 11) is 0. The summed E-state index contributed by atoms with van der Waals surface area (Å²) >= 11 is 0. The maximum atomic E-state index is 11.9. The van der Waals surface area contributed by atoms with E-state index in [1.807, 2.05) is 0 Å². The van der Waals surface area contributed by atoms with Crippen molar-refractivity contribution in [2.24, 2.45) is 0 Å². The molecule has 0 aromatic heterocycles. The number of amides is 2. The Bertz CT molecular complexity index is 425. The van der Waals surface area contributed by atoms with Crippen LogP contribution in [0, 0.1) is 0 Å². The van der Waals surface area contributed by atoms with Crippen molar-refractivity contribution in [3.8, 4) is 0 Å². The van der Waals surface area contributed by atoms with Gasteiger partial charge in [-0.3, -0.25) is 9.59 Å². The van der Waals surface area contributed by atoms with E-state index in [-0.39, 0.29) is 24.9 Å². The van der Waals surface area contributed by atoms with E-state index < -0.39 is 23.8 Å². The first kappa shape index (κ1) is 19.3. The Morgan fingerprint density at radius 2 is 1.78 bits per heavy atom. The van der Waals surface area contributed by atoms with E-state index in [0.29, 0.717) is 0 Å². The summed E-state index contributed by atoms with van der Waals surface area (Å²) in [6, 6.07) is 0.192. The molecule has 1 saturated carbocycles. The molecule has 0 radical (unpaired) electrons. The third-order valence-electron chi connectivity index (χ3n) is 3.38. The van der Waals surface area contributed by atoms with E-state index in [1.165, 1.54) is 0 Å². The molecule has 0 spiro atoms. The van der Waals surface area contributed by atoms with Crippen molar-refractivity contribution < 1.29 is 23.9 Å². The van der Waals surface area contributed by atoms with Crippen LogP contribution < -0.4 is 10.6 Å². The number of esters is 1. The van der Waals surface area contributed by atoms with Gasteiger partial charge < -0.3 is 20.1 Å². The second kappa shape index (κ2) is 8.74. The second-order valence-corrected chi connectivity index (χ2v) is 6.80. The molecule has 132 valence electrons. The van der Waals surface area contributed by atoms with E-state index in [1.54, 1.807) is 27.7 Å². The van der Waals surface area contributed by atoms with Gasteiger partial charge in [-0.05, 0) is 40.5 Å². The van der Waals surface area contributed by atoms with Crippen molar-refractivity contribution in [3.05, 3.63) is 0 Å². The van der Waals surface area contributed by atoms with Gasteiger partial charge in [0.1, 0.15) is 5.60 Å². The standard InChI is InChI=1S/C16H28N2O5/c1-11(14(20)18-12-7-5-6-8-12)22-13(19)9-10-17-15(21)23-16(2,3)4/h11-12H,5-10H2,1-4H3,(H,17,21)(H,18,20)/t11-/m1/s1. The summed E-state index contributed by atoms with van der Waals surface area (Å²) in [4.78, 5) is 35.0. The van der Waals surface area contributed by atoms with Gasteiger partial charge in [0.05, 0.1) is 6.42 Å². The predicted octanol–water partition coefficient (Wildman–Crippen LogP) is 1.89. The third-order valence-corrected chi connectivity index (χ3v) is 3.38. The van der Waals surface area contributed by atoms with Crippen molar-refractivity contribution in [1.29, 1.82) is 0 Å². The molecule has 2 N–H and O–H groups in total. The van der Waals surface area contributed by atoms with Crippen LogP contribution in [0.5, 0.6) is 0 Å². The Kier molecular flexibility index (Phi) is 7.32. The first-order chi connectivity index (χ1) is 10.7. The van der Waals surface area contributed by atoms with Crippen LogP contribution in [0.1, 0.15) is 59.8 Å². The molecule has 1 fully saturated rings. The van der Waals surface area contributed by atoms with Crippen LogP contribution in [0.2, 0.25) is 0 Å². The minimum absolute atomic E-state index is 0.0136. The summed E-state index contributed by atoms with van der Waals surface area (Å²) in [5, 5.41) is 5.35. The van der Waals surface area contributed by atoms with Crippen molar-refractivity contribution in [3.63, 3.8) is 0 Å². The largest absolute Gasteiger partial charge is 0.452 e. The quantitative estimate of drug-likeness (QED) is 0.726. The molecule has 23 heavy (non-hydrogen) atoms. The van der Waals surface area contributed by atoms with Gasteiger partial charge in [0.15, 0.2) is 6.10 Å². The molecule has 7 nitrogen and oxygen atoms in total. The number of hydrogen-bond donors (Lipinski definition) is 2. The van der Waals surface area contributed by atoms with Gasteiger partial charge in [-0.15, -0.1) is 0 Å². The number of nitrogens with one attached hydrogen (secondary N) is 2. The monoisotopic (exact) mass is 328 g/mol. The number of alkyl carbamates (subject to hydrolysis) is 1. The Hall–Kier alpha value is -1.79. The second-order valence-electron chi connectivity index (χ2n) is 6.80. The molecule has 1 rings (SSSR count). The van der Waals surface area contributed by atoms with E-state index in [9.17, 15) is 14.4 Å². The number of ether oxygens (including phenoxy) is 2. The van der Waals surface area contributed by atoms with Gasteiger partial charge in [0.25, 0.3) is 5.91 Å². The average molecular weight is 328 g/mol. The van der Waals surface area contributed by atoms with Crippen LogP contribution in [0.25, 0.3) is 0 Å². The lowest BCUT2D eigenvalue weighted by molar-refractivity contribution is -0.154. The fraction of sp³-hybridized carbons (Fsp3) is 0.812. The molecule has 7 heteroatoms. The molecule has 0 aliphatic heterocycles. The highest BCUT2D eigenvalue weighted by Gasteiger charge is 2.23. The molecular formula is C16H28N2O5. The predicted molar refractivity (Wildman–Crippen MR) is 84.8 cm³/mol. The highest BCUT2D eigenvalue weighted by molar-refractivity contribution is 5.83. The van der Waals surface area contributed by atoms with Gasteiger partial charge in [0.2, 0.25) is 0 Å².